The molecule has 0 spiro atoms. The molecule has 21 heavy (non-hydrogen) atoms. The second-order valence-corrected chi connectivity index (χ2v) is 5.58. The van der Waals surface area contributed by atoms with Crippen molar-refractivity contribution < 1.29 is 13.6 Å². The van der Waals surface area contributed by atoms with Crippen molar-refractivity contribution in [3.63, 3.8) is 0 Å². The van der Waals surface area contributed by atoms with Crippen LogP contribution in [0, 0.1) is 11.6 Å². The molecule has 0 saturated heterocycles. The van der Waals surface area contributed by atoms with Crippen LogP contribution in [0.3, 0.4) is 0 Å². The first-order chi connectivity index (χ1) is 10.1. The summed E-state index contributed by atoms with van der Waals surface area (Å²) < 4.78 is 26.2. The third-order valence-corrected chi connectivity index (χ3v) is 3.98. The molecule has 0 heterocycles. The van der Waals surface area contributed by atoms with Gasteiger partial charge in [0.2, 0.25) is 5.91 Å². The number of amides is 1. The highest BCUT2D eigenvalue weighted by molar-refractivity contribution is 8.00. The average molecular weight is 307 g/mol. The van der Waals surface area contributed by atoms with Gasteiger partial charge in [-0.15, -0.1) is 11.8 Å². The molecule has 0 aliphatic carbocycles. The zero-order valence-electron chi connectivity index (χ0n) is 11.5. The Morgan fingerprint density at radius 3 is 2.57 bits per heavy atom. The van der Waals surface area contributed by atoms with E-state index in [0.29, 0.717) is 0 Å². The van der Waals surface area contributed by atoms with Crippen molar-refractivity contribution in [1.82, 2.24) is 5.32 Å². The van der Waals surface area contributed by atoms with E-state index in [-0.39, 0.29) is 22.6 Å². The molecule has 0 aromatic heterocycles. The van der Waals surface area contributed by atoms with Gasteiger partial charge < -0.3 is 5.32 Å². The van der Waals surface area contributed by atoms with E-state index in [1.807, 2.05) is 37.3 Å². The summed E-state index contributed by atoms with van der Waals surface area (Å²) in [5, 5.41) is 2.84. The molecule has 0 fully saturated rings. The normalized spacial score (nSPS) is 12.0. The smallest absolute Gasteiger partial charge is 0.230 e. The van der Waals surface area contributed by atoms with Gasteiger partial charge in [-0.2, -0.15) is 0 Å². The Hall–Kier alpha value is -1.88. The molecule has 0 unspecified atom stereocenters. The van der Waals surface area contributed by atoms with Crippen molar-refractivity contribution >= 4 is 17.7 Å². The van der Waals surface area contributed by atoms with Gasteiger partial charge >= 0.3 is 0 Å². The lowest BCUT2D eigenvalue weighted by Gasteiger charge is -2.14. The first-order valence-electron chi connectivity index (χ1n) is 6.48. The topological polar surface area (TPSA) is 29.1 Å². The summed E-state index contributed by atoms with van der Waals surface area (Å²) >= 11 is 1.05. The summed E-state index contributed by atoms with van der Waals surface area (Å²) in [6.45, 7) is 1.89. The minimum absolute atomic E-state index is 0.0831. The molecule has 110 valence electrons. The Morgan fingerprint density at radius 1 is 1.19 bits per heavy atom. The van der Waals surface area contributed by atoms with Crippen molar-refractivity contribution in [3.05, 3.63) is 65.7 Å². The molecule has 5 heteroatoms. The van der Waals surface area contributed by atoms with Gasteiger partial charge in [0.05, 0.1) is 11.8 Å². The van der Waals surface area contributed by atoms with Crippen molar-refractivity contribution in [2.45, 2.75) is 17.9 Å². The van der Waals surface area contributed by atoms with Crippen LogP contribution in [0.1, 0.15) is 18.5 Å². The molecule has 1 amide bonds. The zero-order valence-corrected chi connectivity index (χ0v) is 12.3. The van der Waals surface area contributed by atoms with Gasteiger partial charge in [0.15, 0.2) is 0 Å². The second-order valence-electron chi connectivity index (χ2n) is 4.56. The van der Waals surface area contributed by atoms with Crippen LogP contribution < -0.4 is 5.32 Å². The molecule has 0 aliphatic heterocycles. The van der Waals surface area contributed by atoms with E-state index < -0.39 is 11.6 Å². The summed E-state index contributed by atoms with van der Waals surface area (Å²) in [5.74, 6) is -1.39. The van der Waals surface area contributed by atoms with Crippen LogP contribution in [0.25, 0.3) is 0 Å². The second kappa shape index (κ2) is 7.22. The van der Waals surface area contributed by atoms with E-state index in [4.69, 9.17) is 0 Å². The third-order valence-electron chi connectivity index (χ3n) is 2.93. The lowest BCUT2D eigenvalue weighted by molar-refractivity contribution is -0.119. The average Bonchev–Trinajstić information content (AvgIpc) is 2.47. The molecular weight excluding hydrogens is 292 g/mol. The number of nitrogens with one attached hydrogen (secondary N) is 1. The van der Waals surface area contributed by atoms with Crippen LogP contribution in [0.2, 0.25) is 0 Å². The van der Waals surface area contributed by atoms with Crippen LogP contribution in [-0.4, -0.2) is 11.7 Å². The highest BCUT2D eigenvalue weighted by Crippen LogP contribution is 2.22. The quantitative estimate of drug-likeness (QED) is 0.848. The number of thioether (sulfide) groups is 1. The molecular formula is C16H15F2NOS. The third kappa shape index (κ3) is 4.56. The van der Waals surface area contributed by atoms with Crippen molar-refractivity contribution in [3.8, 4) is 0 Å². The number of carbonyl (C=O) groups excluding carboxylic acids is 1. The van der Waals surface area contributed by atoms with Crippen LogP contribution in [0.5, 0.6) is 0 Å². The van der Waals surface area contributed by atoms with Gasteiger partial charge in [0.1, 0.15) is 11.6 Å². The molecule has 2 rings (SSSR count). The van der Waals surface area contributed by atoms with Crippen LogP contribution >= 0.6 is 11.8 Å². The lowest BCUT2D eigenvalue weighted by Crippen LogP contribution is -2.28. The van der Waals surface area contributed by atoms with Crippen molar-refractivity contribution in [2.24, 2.45) is 0 Å². The Labute approximate surface area is 126 Å². The molecule has 0 bridgehead atoms. The number of hydrogen-bond acceptors (Lipinski definition) is 2. The maximum atomic E-state index is 13.4. The van der Waals surface area contributed by atoms with E-state index in [2.05, 4.69) is 5.32 Å². The summed E-state index contributed by atoms with van der Waals surface area (Å²) in [6, 6.07) is 12.8. The predicted molar refractivity (Wildman–Crippen MR) is 80.1 cm³/mol. The van der Waals surface area contributed by atoms with E-state index in [0.717, 1.165) is 23.4 Å². The molecule has 2 aromatic carbocycles. The summed E-state index contributed by atoms with van der Waals surface area (Å²) in [6.07, 6.45) is 0. The molecule has 0 aliphatic rings. The SMILES string of the molecule is C[C@@H](NC(=O)CSc1ccc(F)cc1F)c1ccccc1. The fourth-order valence-electron chi connectivity index (χ4n) is 1.84. The lowest BCUT2D eigenvalue weighted by atomic mass is 10.1. The van der Waals surface area contributed by atoms with Crippen LogP contribution in [-0.2, 0) is 4.79 Å². The largest absolute Gasteiger partial charge is 0.349 e. The maximum Gasteiger partial charge on any atom is 0.230 e. The minimum atomic E-state index is -0.649. The van der Waals surface area contributed by atoms with E-state index >= 15 is 0 Å². The first kappa shape index (κ1) is 15.5. The Kier molecular flexibility index (Phi) is 5.33. The van der Waals surface area contributed by atoms with Gasteiger partial charge in [0.25, 0.3) is 0 Å². The summed E-state index contributed by atoms with van der Waals surface area (Å²) in [5.41, 5.74) is 1.00. The molecule has 0 saturated carbocycles. The zero-order chi connectivity index (χ0) is 15.2. The summed E-state index contributed by atoms with van der Waals surface area (Å²) in [7, 11) is 0. The Morgan fingerprint density at radius 2 is 1.90 bits per heavy atom. The first-order valence-corrected chi connectivity index (χ1v) is 7.47. The van der Waals surface area contributed by atoms with Gasteiger partial charge in [-0.1, -0.05) is 30.3 Å². The molecule has 0 radical (unpaired) electrons. The minimum Gasteiger partial charge on any atom is -0.349 e. The highest BCUT2D eigenvalue weighted by Gasteiger charge is 2.11. The molecule has 2 aromatic rings. The number of rotatable bonds is 5. The standard InChI is InChI=1S/C16H15F2NOS/c1-11(12-5-3-2-4-6-12)19-16(20)10-21-15-8-7-13(17)9-14(15)18/h2-9,11H,10H2,1H3,(H,19,20)/t11-/m1/s1. The monoisotopic (exact) mass is 307 g/mol. The van der Waals surface area contributed by atoms with Gasteiger partial charge in [0, 0.05) is 11.0 Å². The van der Waals surface area contributed by atoms with Crippen LogP contribution in [0.15, 0.2) is 53.4 Å². The van der Waals surface area contributed by atoms with Crippen LogP contribution in [0.4, 0.5) is 8.78 Å². The van der Waals surface area contributed by atoms with E-state index in [1.54, 1.807) is 0 Å². The number of hydrogen-bond donors (Lipinski definition) is 1. The number of benzene rings is 2. The Balaban J connectivity index is 1.87. The van der Waals surface area contributed by atoms with Gasteiger partial charge in [-0.25, -0.2) is 8.78 Å². The molecule has 2 nitrogen and oxygen atoms in total. The van der Waals surface area contributed by atoms with Crippen molar-refractivity contribution in [1.29, 1.82) is 0 Å². The number of carbonyl (C=O) groups is 1. The predicted octanol–water partition coefficient (Wildman–Crippen LogP) is 3.93. The van der Waals surface area contributed by atoms with E-state index in [9.17, 15) is 13.6 Å². The molecule has 1 atom stereocenters. The molecule has 1 N–H and O–H groups in total. The van der Waals surface area contributed by atoms with Crippen molar-refractivity contribution in [2.75, 3.05) is 5.75 Å². The fourth-order valence-corrected chi connectivity index (χ4v) is 2.57. The van der Waals surface area contributed by atoms with E-state index in [1.165, 1.54) is 12.1 Å². The number of halogens is 2. The van der Waals surface area contributed by atoms with Gasteiger partial charge in [-0.05, 0) is 24.6 Å². The fraction of sp³-hybridized carbons (Fsp3) is 0.188. The highest BCUT2D eigenvalue weighted by atomic mass is 32.2. The Bertz CT molecular complexity index is 619. The summed E-state index contributed by atoms with van der Waals surface area (Å²) in [4.78, 5) is 12.1. The maximum absolute atomic E-state index is 13.4. The van der Waals surface area contributed by atoms with Gasteiger partial charge in [-0.3, -0.25) is 4.79 Å².